The molecule has 1 heterocycles. The third kappa shape index (κ3) is 2.69. The van der Waals surface area contributed by atoms with Gasteiger partial charge in [0.15, 0.2) is 0 Å². The van der Waals surface area contributed by atoms with Gasteiger partial charge in [0, 0.05) is 39.2 Å². The van der Waals surface area contributed by atoms with Crippen LogP contribution in [-0.4, -0.2) is 41.9 Å². The fraction of sp³-hybridized carbons (Fsp3) is 0.385. The van der Waals surface area contributed by atoms with E-state index < -0.39 is 4.92 Å². The molecule has 0 unspecified atom stereocenters. The fourth-order valence-electron chi connectivity index (χ4n) is 2.26. The van der Waals surface area contributed by atoms with E-state index in [0.29, 0.717) is 37.4 Å². The molecule has 104 valence electrons. The Morgan fingerprint density at radius 1 is 1.35 bits per heavy atom. The van der Waals surface area contributed by atoms with Crippen LogP contribution in [0.5, 0.6) is 0 Å². The van der Waals surface area contributed by atoms with Gasteiger partial charge in [-0.15, -0.1) is 0 Å². The smallest absolute Gasteiger partial charge is 0.292 e. The minimum atomic E-state index is -0.451. The summed E-state index contributed by atoms with van der Waals surface area (Å²) in [6, 6.07) is 6.31. The summed E-state index contributed by atoms with van der Waals surface area (Å²) < 4.78 is 0. The number of nitriles is 1. The van der Waals surface area contributed by atoms with Crippen LogP contribution in [0.25, 0.3) is 0 Å². The molecule has 0 spiro atoms. The van der Waals surface area contributed by atoms with Gasteiger partial charge in [0.1, 0.15) is 5.69 Å². The Morgan fingerprint density at radius 3 is 2.50 bits per heavy atom. The maximum atomic E-state index is 11.3. The molecule has 7 heteroatoms. The van der Waals surface area contributed by atoms with Crippen molar-refractivity contribution in [1.29, 1.82) is 5.26 Å². The number of hydrogen-bond donors (Lipinski definition) is 0. The van der Waals surface area contributed by atoms with E-state index in [1.54, 1.807) is 4.90 Å². The molecule has 0 N–H and O–H groups in total. The normalized spacial score (nSPS) is 14.8. The minimum Gasteiger partial charge on any atom is -0.362 e. The van der Waals surface area contributed by atoms with Crippen LogP contribution in [0, 0.1) is 21.4 Å². The standard InChI is InChI=1S/C13H14N4O3/c1-10(18)15-4-6-16(7-5-15)13-8-11(9-14)2-3-12(13)17(19)20/h2-3,8H,4-7H2,1H3. The average molecular weight is 274 g/mol. The lowest BCUT2D eigenvalue weighted by Gasteiger charge is -2.35. The number of anilines is 1. The molecule has 20 heavy (non-hydrogen) atoms. The van der Waals surface area contributed by atoms with Crippen molar-refractivity contribution in [3.05, 3.63) is 33.9 Å². The van der Waals surface area contributed by atoms with E-state index in [1.807, 2.05) is 11.0 Å². The summed E-state index contributed by atoms with van der Waals surface area (Å²) in [7, 11) is 0. The molecule has 1 aromatic carbocycles. The van der Waals surface area contributed by atoms with Gasteiger partial charge >= 0.3 is 0 Å². The Morgan fingerprint density at radius 2 is 2.00 bits per heavy atom. The zero-order valence-electron chi connectivity index (χ0n) is 11.1. The molecule has 7 nitrogen and oxygen atoms in total. The zero-order chi connectivity index (χ0) is 14.7. The van der Waals surface area contributed by atoms with Gasteiger partial charge in [-0.05, 0) is 12.1 Å². The fourth-order valence-corrected chi connectivity index (χ4v) is 2.26. The maximum Gasteiger partial charge on any atom is 0.292 e. The summed E-state index contributed by atoms with van der Waals surface area (Å²) >= 11 is 0. The van der Waals surface area contributed by atoms with Crippen LogP contribution in [0.1, 0.15) is 12.5 Å². The first-order valence-corrected chi connectivity index (χ1v) is 6.22. The Bertz CT molecular complexity index is 586. The van der Waals surface area contributed by atoms with Crippen molar-refractivity contribution >= 4 is 17.3 Å². The Kier molecular flexibility index (Phi) is 3.84. The predicted octanol–water partition coefficient (Wildman–Crippen LogP) is 1.13. The summed E-state index contributed by atoms with van der Waals surface area (Å²) in [6.07, 6.45) is 0. The first-order valence-electron chi connectivity index (χ1n) is 6.22. The summed E-state index contributed by atoms with van der Waals surface area (Å²) in [4.78, 5) is 25.4. The third-order valence-corrected chi connectivity index (χ3v) is 3.37. The van der Waals surface area contributed by atoms with Gasteiger partial charge in [-0.3, -0.25) is 14.9 Å². The number of carbonyl (C=O) groups excluding carboxylic acids is 1. The quantitative estimate of drug-likeness (QED) is 0.595. The first kappa shape index (κ1) is 13.8. The lowest BCUT2D eigenvalue weighted by Crippen LogP contribution is -2.48. The van der Waals surface area contributed by atoms with Gasteiger partial charge in [-0.2, -0.15) is 5.26 Å². The van der Waals surface area contributed by atoms with E-state index in [1.165, 1.54) is 25.1 Å². The minimum absolute atomic E-state index is 0.00456. The van der Waals surface area contributed by atoms with E-state index in [4.69, 9.17) is 5.26 Å². The van der Waals surface area contributed by atoms with Gasteiger partial charge in [-0.25, -0.2) is 0 Å². The SMILES string of the molecule is CC(=O)N1CCN(c2cc(C#N)ccc2[N+](=O)[O-])CC1. The molecule has 1 aromatic rings. The molecule has 0 saturated carbocycles. The average Bonchev–Trinajstić information content (AvgIpc) is 2.46. The highest BCUT2D eigenvalue weighted by molar-refractivity contribution is 5.74. The molecule has 1 amide bonds. The number of nitro benzene ring substituents is 1. The van der Waals surface area contributed by atoms with Gasteiger partial charge < -0.3 is 9.80 Å². The topological polar surface area (TPSA) is 90.5 Å². The second kappa shape index (κ2) is 5.57. The molecular formula is C13H14N4O3. The van der Waals surface area contributed by atoms with Gasteiger partial charge in [-0.1, -0.05) is 0 Å². The molecule has 1 saturated heterocycles. The monoisotopic (exact) mass is 274 g/mol. The number of piperazine rings is 1. The molecule has 1 aliphatic rings. The highest BCUT2D eigenvalue weighted by Gasteiger charge is 2.24. The lowest BCUT2D eigenvalue weighted by molar-refractivity contribution is -0.384. The highest BCUT2D eigenvalue weighted by atomic mass is 16.6. The van der Waals surface area contributed by atoms with Gasteiger partial charge in [0.05, 0.1) is 16.6 Å². The number of benzene rings is 1. The van der Waals surface area contributed by atoms with E-state index >= 15 is 0 Å². The van der Waals surface area contributed by atoms with Crippen LogP contribution in [0.2, 0.25) is 0 Å². The van der Waals surface area contributed by atoms with Crippen molar-refractivity contribution < 1.29 is 9.72 Å². The van der Waals surface area contributed by atoms with E-state index in [0.717, 1.165) is 0 Å². The van der Waals surface area contributed by atoms with Crippen molar-refractivity contribution in [2.45, 2.75) is 6.92 Å². The highest BCUT2D eigenvalue weighted by Crippen LogP contribution is 2.29. The van der Waals surface area contributed by atoms with Gasteiger partial charge in [0.25, 0.3) is 5.69 Å². The second-order valence-electron chi connectivity index (χ2n) is 4.57. The van der Waals surface area contributed by atoms with Crippen molar-refractivity contribution in [2.75, 3.05) is 31.1 Å². The molecule has 0 atom stereocenters. The summed E-state index contributed by atoms with van der Waals surface area (Å²) in [5.41, 5.74) is 0.817. The molecular weight excluding hydrogens is 260 g/mol. The van der Waals surface area contributed by atoms with Crippen LogP contribution in [-0.2, 0) is 4.79 Å². The molecule has 0 aliphatic carbocycles. The van der Waals surface area contributed by atoms with Crippen LogP contribution >= 0.6 is 0 Å². The Hall–Kier alpha value is -2.62. The Labute approximate surface area is 116 Å². The molecule has 0 bridgehead atoms. The van der Waals surface area contributed by atoms with E-state index in [-0.39, 0.29) is 11.6 Å². The first-order chi connectivity index (χ1) is 9.52. The molecule has 2 rings (SSSR count). The summed E-state index contributed by atoms with van der Waals surface area (Å²) in [5.74, 6) is 0.00456. The third-order valence-electron chi connectivity index (χ3n) is 3.37. The lowest BCUT2D eigenvalue weighted by atomic mass is 10.1. The molecule has 0 radical (unpaired) electrons. The van der Waals surface area contributed by atoms with E-state index in [9.17, 15) is 14.9 Å². The van der Waals surface area contributed by atoms with Crippen LogP contribution in [0.15, 0.2) is 18.2 Å². The summed E-state index contributed by atoms with van der Waals surface area (Å²) in [6.45, 7) is 3.62. The number of nitrogens with zero attached hydrogens (tertiary/aromatic N) is 4. The number of rotatable bonds is 2. The van der Waals surface area contributed by atoms with Crippen LogP contribution < -0.4 is 4.90 Å². The summed E-state index contributed by atoms with van der Waals surface area (Å²) in [5, 5.41) is 20.0. The number of carbonyl (C=O) groups is 1. The maximum absolute atomic E-state index is 11.3. The van der Waals surface area contributed by atoms with Crippen LogP contribution in [0.4, 0.5) is 11.4 Å². The zero-order valence-corrected chi connectivity index (χ0v) is 11.1. The molecule has 1 fully saturated rings. The van der Waals surface area contributed by atoms with Crippen LogP contribution in [0.3, 0.4) is 0 Å². The molecule has 1 aliphatic heterocycles. The van der Waals surface area contributed by atoms with Gasteiger partial charge in [0.2, 0.25) is 5.91 Å². The Balaban J connectivity index is 2.26. The van der Waals surface area contributed by atoms with Crippen molar-refractivity contribution in [2.24, 2.45) is 0 Å². The van der Waals surface area contributed by atoms with E-state index in [2.05, 4.69) is 0 Å². The number of hydrogen-bond acceptors (Lipinski definition) is 5. The van der Waals surface area contributed by atoms with Crippen molar-refractivity contribution in [3.8, 4) is 6.07 Å². The molecule has 0 aromatic heterocycles. The largest absolute Gasteiger partial charge is 0.362 e. The van der Waals surface area contributed by atoms with Crippen molar-refractivity contribution in [3.63, 3.8) is 0 Å². The second-order valence-corrected chi connectivity index (χ2v) is 4.57. The number of nitro groups is 1. The number of amides is 1. The van der Waals surface area contributed by atoms with Crippen molar-refractivity contribution in [1.82, 2.24) is 4.90 Å². The predicted molar refractivity (Wildman–Crippen MR) is 72.3 cm³/mol.